The molecule has 2 atom stereocenters. The Morgan fingerprint density at radius 2 is 1.83 bits per heavy atom. The molecular weight excluding hydrogens is 364 g/mol. The Bertz CT molecular complexity index is 926. The molecule has 2 unspecified atom stereocenters. The van der Waals surface area contributed by atoms with E-state index in [2.05, 4.69) is 14.9 Å². The summed E-state index contributed by atoms with van der Waals surface area (Å²) in [5.41, 5.74) is 20.2. The number of aliphatic imine (C=N–C) groups is 3. The van der Waals surface area contributed by atoms with Crippen LogP contribution in [0.25, 0.3) is 0 Å². The maximum atomic E-state index is 6.05. The Hall–Kier alpha value is -3.26. The first-order valence-corrected chi connectivity index (χ1v) is 9.82. The number of rotatable bonds is 3. The lowest BCUT2D eigenvalue weighted by atomic mass is 9.88. The molecule has 4 rings (SSSR count). The summed E-state index contributed by atoms with van der Waals surface area (Å²) in [6.07, 6.45) is 6.86. The van der Waals surface area contributed by atoms with Crippen molar-refractivity contribution in [3.05, 3.63) is 53.7 Å². The molecule has 6 N–H and O–H groups in total. The first kappa shape index (κ1) is 19.1. The lowest BCUT2D eigenvalue weighted by Gasteiger charge is -2.34. The standard InChI is InChI=1S/C21H26N8/c22-13-27-19-11-15(5-8-25-19)18-12-26-21(29-9-6-17(24)7-10-29)28-20(18)14-1-3-16(23)4-2-14/h1-5,8,11-13,17-18,20H,6-7,9-10,23-24H2,(H2,22,25,27). The van der Waals surface area contributed by atoms with Crippen molar-refractivity contribution in [1.29, 1.82) is 0 Å². The van der Waals surface area contributed by atoms with Gasteiger partial charge in [-0.25, -0.2) is 20.0 Å². The third kappa shape index (κ3) is 4.27. The monoisotopic (exact) mass is 390 g/mol. The average molecular weight is 390 g/mol. The van der Waals surface area contributed by atoms with Crippen molar-refractivity contribution in [2.75, 3.05) is 18.8 Å². The molecule has 1 aromatic heterocycles. The summed E-state index contributed by atoms with van der Waals surface area (Å²) in [7, 11) is 0. The van der Waals surface area contributed by atoms with Crippen molar-refractivity contribution >= 4 is 30.0 Å². The van der Waals surface area contributed by atoms with Gasteiger partial charge in [-0.05, 0) is 48.2 Å². The molecule has 2 aliphatic heterocycles. The minimum atomic E-state index is -0.115. The molecule has 8 heteroatoms. The molecule has 0 spiro atoms. The van der Waals surface area contributed by atoms with Gasteiger partial charge in [0.2, 0.25) is 5.96 Å². The van der Waals surface area contributed by atoms with Gasteiger partial charge < -0.3 is 22.1 Å². The molecule has 1 fully saturated rings. The number of aromatic nitrogens is 1. The van der Waals surface area contributed by atoms with Crippen LogP contribution in [0, 0.1) is 0 Å². The van der Waals surface area contributed by atoms with E-state index in [9.17, 15) is 0 Å². The van der Waals surface area contributed by atoms with E-state index in [0.29, 0.717) is 5.82 Å². The normalized spacial score (nSPS) is 22.8. The summed E-state index contributed by atoms with van der Waals surface area (Å²) in [5, 5.41) is 0. The first-order chi connectivity index (χ1) is 14.1. The van der Waals surface area contributed by atoms with Crippen molar-refractivity contribution in [3.8, 4) is 0 Å². The van der Waals surface area contributed by atoms with Crippen molar-refractivity contribution < 1.29 is 0 Å². The lowest BCUT2D eigenvalue weighted by molar-refractivity contribution is 0.308. The molecule has 0 amide bonds. The molecular formula is C21H26N8. The Kier molecular flexibility index (Phi) is 5.53. The van der Waals surface area contributed by atoms with E-state index in [-0.39, 0.29) is 18.0 Å². The van der Waals surface area contributed by atoms with Gasteiger partial charge in [-0.1, -0.05) is 12.1 Å². The zero-order chi connectivity index (χ0) is 20.2. The second kappa shape index (κ2) is 8.40. The largest absolute Gasteiger partial charge is 0.399 e. The Morgan fingerprint density at radius 1 is 1.07 bits per heavy atom. The topological polar surface area (TPSA) is 131 Å². The van der Waals surface area contributed by atoms with Crippen molar-refractivity contribution in [3.63, 3.8) is 0 Å². The fraction of sp³-hybridized carbons (Fsp3) is 0.333. The molecule has 8 nitrogen and oxygen atoms in total. The number of benzene rings is 1. The minimum Gasteiger partial charge on any atom is -0.399 e. The number of nitrogens with zero attached hydrogens (tertiary/aromatic N) is 5. The number of likely N-dealkylation sites (tertiary alicyclic amines) is 1. The number of hydrogen-bond acceptors (Lipinski definition) is 7. The number of piperidine rings is 1. The number of hydrogen-bond donors (Lipinski definition) is 3. The summed E-state index contributed by atoms with van der Waals surface area (Å²) in [6, 6.07) is 11.9. The Labute approximate surface area is 170 Å². The van der Waals surface area contributed by atoms with Crippen molar-refractivity contribution in [2.24, 2.45) is 26.4 Å². The molecule has 150 valence electrons. The molecule has 0 radical (unpaired) electrons. The number of guanidine groups is 1. The predicted octanol–water partition coefficient (Wildman–Crippen LogP) is 1.97. The van der Waals surface area contributed by atoms with Gasteiger partial charge in [0.25, 0.3) is 0 Å². The molecule has 2 aromatic rings. The molecule has 29 heavy (non-hydrogen) atoms. The average Bonchev–Trinajstić information content (AvgIpc) is 2.75. The highest BCUT2D eigenvalue weighted by Gasteiger charge is 2.29. The van der Waals surface area contributed by atoms with Crippen LogP contribution < -0.4 is 17.2 Å². The van der Waals surface area contributed by atoms with Gasteiger partial charge in [0.15, 0.2) is 5.82 Å². The highest BCUT2D eigenvalue weighted by Crippen LogP contribution is 2.37. The van der Waals surface area contributed by atoms with Crippen LogP contribution in [0.2, 0.25) is 0 Å². The molecule has 1 aromatic carbocycles. The van der Waals surface area contributed by atoms with Crippen LogP contribution in [-0.2, 0) is 0 Å². The molecule has 0 bridgehead atoms. The van der Waals surface area contributed by atoms with Crippen LogP contribution in [0.1, 0.15) is 35.9 Å². The fourth-order valence-electron chi connectivity index (χ4n) is 3.76. The summed E-state index contributed by atoms with van der Waals surface area (Å²) in [5.74, 6) is 1.29. The number of nitrogens with two attached hydrogens (primary N) is 3. The van der Waals surface area contributed by atoms with Crippen molar-refractivity contribution in [1.82, 2.24) is 9.88 Å². The van der Waals surface area contributed by atoms with Gasteiger partial charge in [-0.15, -0.1) is 0 Å². The maximum Gasteiger partial charge on any atom is 0.220 e. The number of nitrogen functional groups attached to an aromatic ring is 1. The lowest BCUT2D eigenvalue weighted by Crippen LogP contribution is -2.43. The SMILES string of the molecule is NC=Nc1cc(C2C=NC(N3CCC(N)CC3)=NC2c2ccc(N)cc2)ccn1. The molecule has 3 heterocycles. The van der Waals surface area contributed by atoms with Crippen molar-refractivity contribution in [2.45, 2.75) is 30.8 Å². The van der Waals surface area contributed by atoms with Crippen LogP contribution in [-0.4, -0.2) is 47.5 Å². The highest BCUT2D eigenvalue weighted by molar-refractivity contribution is 5.92. The van der Waals surface area contributed by atoms with Crippen LogP contribution in [0.5, 0.6) is 0 Å². The summed E-state index contributed by atoms with van der Waals surface area (Å²) in [4.78, 5) is 20.3. The second-order valence-electron chi connectivity index (χ2n) is 7.39. The first-order valence-electron chi connectivity index (χ1n) is 9.82. The molecule has 2 aliphatic rings. The van der Waals surface area contributed by atoms with Crippen LogP contribution in [0.15, 0.2) is 57.6 Å². The van der Waals surface area contributed by atoms with Gasteiger partial charge in [-0.2, -0.15) is 0 Å². The Morgan fingerprint density at radius 3 is 2.55 bits per heavy atom. The van der Waals surface area contributed by atoms with E-state index in [1.807, 2.05) is 42.6 Å². The second-order valence-corrected chi connectivity index (χ2v) is 7.39. The quantitative estimate of drug-likeness (QED) is 0.419. The third-order valence-corrected chi connectivity index (χ3v) is 5.41. The van der Waals surface area contributed by atoms with Crippen LogP contribution in [0.3, 0.4) is 0 Å². The van der Waals surface area contributed by atoms with E-state index in [4.69, 9.17) is 27.2 Å². The van der Waals surface area contributed by atoms with E-state index in [1.165, 1.54) is 6.34 Å². The molecule has 0 aliphatic carbocycles. The molecule has 1 saturated heterocycles. The summed E-state index contributed by atoms with van der Waals surface area (Å²) < 4.78 is 0. The smallest absolute Gasteiger partial charge is 0.220 e. The predicted molar refractivity (Wildman–Crippen MR) is 118 cm³/mol. The number of pyridine rings is 1. The maximum absolute atomic E-state index is 6.05. The van der Waals surface area contributed by atoms with E-state index >= 15 is 0 Å². The number of anilines is 1. The molecule has 0 saturated carbocycles. The summed E-state index contributed by atoms with van der Waals surface area (Å²) >= 11 is 0. The van der Waals surface area contributed by atoms with E-state index in [0.717, 1.165) is 48.7 Å². The fourth-order valence-corrected chi connectivity index (χ4v) is 3.76. The van der Waals surface area contributed by atoms with Gasteiger partial charge in [0.05, 0.1) is 12.4 Å². The van der Waals surface area contributed by atoms with E-state index < -0.39 is 0 Å². The zero-order valence-electron chi connectivity index (χ0n) is 16.2. The van der Waals surface area contributed by atoms with Gasteiger partial charge in [0.1, 0.15) is 0 Å². The van der Waals surface area contributed by atoms with Gasteiger partial charge >= 0.3 is 0 Å². The minimum absolute atomic E-state index is 0.0378. The van der Waals surface area contributed by atoms with E-state index in [1.54, 1.807) is 6.20 Å². The third-order valence-electron chi connectivity index (χ3n) is 5.41. The highest BCUT2D eigenvalue weighted by atomic mass is 15.3. The summed E-state index contributed by atoms with van der Waals surface area (Å²) in [6.45, 7) is 1.75. The zero-order valence-corrected chi connectivity index (χ0v) is 16.2. The van der Waals surface area contributed by atoms with Gasteiger partial charge in [0, 0.05) is 43.1 Å². The van der Waals surface area contributed by atoms with Crippen LogP contribution in [0.4, 0.5) is 11.5 Å². The van der Waals surface area contributed by atoms with Gasteiger partial charge in [-0.3, -0.25) is 0 Å². The van der Waals surface area contributed by atoms with Crippen LogP contribution >= 0.6 is 0 Å². The Balaban J connectivity index is 1.69.